The molecule has 0 saturated carbocycles. The smallest absolute Gasteiger partial charge is 0.306 e. The minimum absolute atomic E-state index is 0.162. The van der Waals surface area contributed by atoms with Gasteiger partial charge in [0.2, 0.25) is 5.91 Å². The van der Waals surface area contributed by atoms with Crippen molar-refractivity contribution < 1.29 is 14.7 Å². The summed E-state index contributed by atoms with van der Waals surface area (Å²) in [7, 11) is 0. The number of aliphatic carboxylic acids is 1. The summed E-state index contributed by atoms with van der Waals surface area (Å²) in [5, 5.41) is 9.54. The second-order valence-corrected chi connectivity index (χ2v) is 9.24. The van der Waals surface area contributed by atoms with Crippen molar-refractivity contribution in [1.29, 1.82) is 0 Å². The third kappa shape index (κ3) is 17.8. The highest BCUT2D eigenvalue weighted by atomic mass is 16.4. The predicted octanol–water partition coefficient (Wildman–Crippen LogP) is 7.63. The van der Waals surface area contributed by atoms with E-state index in [2.05, 4.69) is 13.8 Å². The van der Waals surface area contributed by atoms with Crippen LogP contribution in [0.15, 0.2) is 0 Å². The van der Waals surface area contributed by atoms with Crippen LogP contribution in [0.4, 0.5) is 0 Å². The summed E-state index contributed by atoms with van der Waals surface area (Å²) in [5.74, 6) is -1.46. The molecular weight excluding hydrogens is 374 g/mol. The zero-order valence-corrected chi connectivity index (χ0v) is 20.1. The number of hydrogen-bond acceptors (Lipinski definition) is 2. The Morgan fingerprint density at radius 3 is 1.27 bits per heavy atom. The maximum atomic E-state index is 11.8. The predicted molar refractivity (Wildman–Crippen MR) is 127 cm³/mol. The number of amides is 1. The summed E-state index contributed by atoms with van der Waals surface area (Å²) in [6.07, 6.45) is 22.4. The third-order valence-electron chi connectivity index (χ3n) is 6.43. The molecule has 0 aliphatic carbocycles. The number of carboxylic acid groups (broad SMARTS) is 1. The minimum atomic E-state index is -0.715. The largest absolute Gasteiger partial charge is 0.481 e. The fraction of sp³-hybridized carbons (Fsp3) is 0.923. The van der Waals surface area contributed by atoms with Crippen LogP contribution in [0, 0.1) is 11.8 Å². The molecule has 3 N–H and O–H groups in total. The number of rotatable bonds is 23. The van der Waals surface area contributed by atoms with Gasteiger partial charge in [0.1, 0.15) is 0 Å². The highest BCUT2D eigenvalue weighted by Gasteiger charge is 2.21. The molecular formula is C26H51NO3. The molecule has 0 spiro atoms. The second-order valence-electron chi connectivity index (χ2n) is 9.24. The highest BCUT2D eigenvalue weighted by molar-refractivity contribution is 5.76. The number of carboxylic acids is 1. The first-order chi connectivity index (χ1) is 14.5. The van der Waals surface area contributed by atoms with Crippen molar-refractivity contribution in [3.05, 3.63) is 0 Å². The Hall–Kier alpha value is -1.06. The van der Waals surface area contributed by atoms with Crippen molar-refractivity contribution in [3.8, 4) is 0 Å². The van der Waals surface area contributed by atoms with Gasteiger partial charge in [-0.2, -0.15) is 0 Å². The number of nitrogens with two attached hydrogens (primary N) is 1. The second kappa shape index (κ2) is 21.2. The first kappa shape index (κ1) is 28.9. The zero-order chi connectivity index (χ0) is 22.5. The Morgan fingerprint density at radius 1 is 0.567 bits per heavy atom. The van der Waals surface area contributed by atoms with Crippen molar-refractivity contribution in [1.82, 2.24) is 0 Å². The average Bonchev–Trinajstić information content (AvgIpc) is 2.71. The van der Waals surface area contributed by atoms with E-state index in [1.165, 1.54) is 77.0 Å². The van der Waals surface area contributed by atoms with Gasteiger partial charge in [0.25, 0.3) is 0 Å². The SMILES string of the molecule is CCCCCCCCCCC(CCC(CCCCCCCCCC)C(=O)O)C(N)=O. The van der Waals surface area contributed by atoms with Crippen molar-refractivity contribution in [3.63, 3.8) is 0 Å². The van der Waals surface area contributed by atoms with Gasteiger partial charge in [-0.05, 0) is 25.7 Å². The summed E-state index contributed by atoms with van der Waals surface area (Å²) in [4.78, 5) is 23.4. The van der Waals surface area contributed by atoms with E-state index < -0.39 is 5.97 Å². The third-order valence-corrected chi connectivity index (χ3v) is 6.43. The molecule has 0 aliphatic rings. The maximum absolute atomic E-state index is 11.8. The Labute approximate surface area is 186 Å². The van der Waals surface area contributed by atoms with E-state index in [0.717, 1.165) is 38.5 Å². The number of unbranched alkanes of at least 4 members (excludes halogenated alkanes) is 14. The van der Waals surface area contributed by atoms with E-state index in [-0.39, 0.29) is 17.7 Å². The lowest BCUT2D eigenvalue weighted by Gasteiger charge is -2.17. The summed E-state index contributed by atoms with van der Waals surface area (Å²) < 4.78 is 0. The van der Waals surface area contributed by atoms with Crippen molar-refractivity contribution in [2.75, 3.05) is 0 Å². The Bertz CT molecular complexity index is 373. The van der Waals surface area contributed by atoms with Gasteiger partial charge in [-0.25, -0.2) is 0 Å². The molecule has 0 radical (unpaired) electrons. The zero-order valence-electron chi connectivity index (χ0n) is 20.1. The first-order valence-electron chi connectivity index (χ1n) is 13.0. The van der Waals surface area contributed by atoms with Crippen LogP contribution in [0.2, 0.25) is 0 Å². The molecule has 0 aromatic rings. The van der Waals surface area contributed by atoms with Crippen molar-refractivity contribution in [2.24, 2.45) is 17.6 Å². The quantitative estimate of drug-likeness (QED) is 0.165. The summed E-state index contributed by atoms with van der Waals surface area (Å²) in [6.45, 7) is 4.46. The number of primary amides is 1. The molecule has 0 fully saturated rings. The molecule has 2 atom stereocenters. The highest BCUT2D eigenvalue weighted by Crippen LogP contribution is 2.23. The Morgan fingerprint density at radius 2 is 0.900 bits per heavy atom. The summed E-state index contributed by atoms with van der Waals surface area (Å²) in [5.41, 5.74) is 5.60. The van der Waals surface area contributed by atoms with Gasteiger partial charge >= 0.3 is 5.97 Å². The standard InChI is InChI=1S/C26H51NO3/c1-3-5-7-9-11-13-15-17-19-23(25(27)28)21-22-24(26(29)30)20-18-16-14-12-10-8-6-4-2/h23-24H,3-22H2,1-2H3,(H2,27,28)(H,29,30). The molecule has 2 unspecified atom stereocenters. The Kier molecular flexibility index (Phi) is 20.4. The molecule has 0 aliphatic heterocycles. The van der Waals surface area contributed by atoms with E-state index in [1.807, 2.05) is 0 Å². The van der Waals surface area contributed by atoms with Crippen LogP contribution in [-0.4, -0.2) is 17.0 Å². The molecule has 0 heterocycles. The number of carbonyl (C=O) groups is 2. The van der Waals surface area contributed by atoms with Gasteiger partial charge in [-0.1, -0.05) is 117 Å². The van der Waals surface area contributed by atoms with Crippen molar-refractivity contribution >= 4 is 11.9 Å². The summed E-state index contributed by atoms with van der Waals surface area (Å²) >= 11 is 0. The van der Waals surface area contributed by atoms with Crippen LogP contribution in [0.1, 0.15) is 142 Å². The molecule has 0 aromatic carbocycles. The van der Waals surface area contributed by atoms with Gasteiger partial charge in [-0.3, -0.25) is 9.59 Å². The Balaban J connectivity index is 3.97. The van der Waals surface area contributed by atoms with E-state index in [1.54, 1.807) is 0 Å². The van der Waals surface area contributed by atoms with Crippen LogP contribution < -0.4 is 5.73 Å². The minimum Gasteiger partial charge on any atom is -0.481 e. The van der Waals surface area contributed by atoms with Crippen LogP contribution in [0.3, 0.4) is 0 Å². The topological polar surface area (TPSA) is 80.4 Å². The molecule has 0 saturated heterocycles. The molecule has 0 rings (SSSR count). The van der Waals surface area contributed by atoms with E-state index in [9.17, 15) is 14.7 Å². The van der Waals surface area contributed by atoms with Gasteiger partial charge in [0.15, 0.2) is 0 Å². The van der Waals surface area contributed by atoms with Gasteiger partial charge < -0.3 is 10.8 Å². The van der Waals surface area contributed by atoms with E-state index in [4.69, 9.17) is 5.73 Å². The maximum Gasteiger partial charge on any atom is 0.306 e. The van der Waals surface area contributed by atoms with Crippen molar-refractivity contribution in [2.45, 2.75) is 142 Å². The fourth-order valence-electron chi connectivity index (χ4n) is 4.27. The van der Waals surface area contributed by atoms with Gasteiger partial charge in [0.05, 0.1) is 5.92 Å². The average molecular weight is 426 g/mol. The number of carbonyl (C=O) groups excluding carboxylic acids is 1. The van der Waals surface area contributed by atoms with Crippen LogP contribution in [0.5, 0.6) is 0 Å². The first-order valence-corrected chi connectivity index (χ1v) is 13.0. The van der Waals surface area contributed by atoms with E-state index >= 15 is 0 Å². The molecule has 4 nitrogen and oxygen atoms in total. The lowest BCUT2D eigenvalue weighted by Crippen LogP contribution is -2.25. The lowest BCUT2D eigenvalue weighted by molar-refractivity contribution is -0.142. The normalized spacial score (nSPS) is 13.3. The molecule has 0 aromatic heterocycles. The number of hydrogen-bond donors (Lipinski definition) is 2. The monoisotopic (exact) mass is 425 g/mol. The van der Waals surface area contributed by atoms with Gasteiger partial charge in [-0.15, -0.1) is 0 Å². The molecule has 1 amide bonds. The van der Waals surface area contributed by atoms with Gasteiger partial charge in [0, 0.05) is 5.92 Å². The molecule has 30 heavy (non-hydrogen) atoms. The van der Waals surface area contributed by atoms with Crippen LogP contribution in [0.25, 0.3) is 0 Å². The summed E-state index contributed by atoms with van der Waals surface area (Å²) in [6, 6.07) is 0. The molecule has 178 valence electrons. The lowest BCUT2D eigenvalue weighted by atomic mass is 9.88. The molecule has 0 bridgehead atoms. The van der Waals surface area contributed by atoms with Crippen LogP contribution >= 0.6 is 0 Å². The fourth-order valence-corrected chi connectivity index (χ4v) is 4.27. The van der Waals surface area contributed by atoms with Crippen LogP contribution in [-0.2, 0) is 9.59 Å². The molecule has 4 heteroatoms. The van der Waals surface area contributed by atoms with E-state index in [0.29, 0.717) is 12.8 Å².